The quantitative estimate of drug-likeness (QED) is 0.641. The molecule has 31 heavy (non-hydrogen) atoms. The minimum absolute atomic E-state index is 0.00920. The van der Waals surface area contributed by atoms with Crippen molar-refractivity contribution in [3.8, 4) is 16.9 Å². The molecule has 0 aromatic heterocycles. The maximum Gasteiger partial charge on any atom is 0.260 e. The van der Waals surface area contributed by atoms with Crippen LogP contribution in [0.25, 0.3) is 11.1 Å². The summed E-state index contributed by atoms with van der Waals surface area (Å²) < 4.78 is 5.89. The number of nitrogens with one attached hydrogen (secondary N) is 1. The maximum absolute atomic E-state index is 12.7. The molecule has 0 saturated carbocycles. The van der Waals surface area contributed by atoms with Gasteiger partial charge in [0.05, 0.1) is 0 Å². The normalized spacial score (nSPS) is 14.1. The molecule has 1 saturated heterocycles. The average Bonchev–Trinajstić information content (AvgIpc) is 2.84. The predicted molar refractivity (Wildman–Crippen MR) is 122 cm³/mol. The van der Waals surface area contributed by atoms with Gasteiger partial charge in [-0.05, 0) is 36.6 Å². The minimum atomic E-state index is -0.0796. The molecule has 4 rings (SSSR count). The molecule has 158 valence electrons. The molecular formula is C26H26N2O3. The Morgan fingerprint density at radius 3 is 2.16 bits per heavy atom. The fourth-order valence-corrected chi connectivity index (χ4v) is 3.84. The molecule has 3 aromatic rings. The number of nitrogens with zero attached hydrogens (tertiary/aromatic N) is 1. The first-order valence-corrected chi connectivity index (χ1v) is 10.6. The lowest BCUT2D eigenvalue weighted by molar-refractivity contribution is -0.136. The number of para-hydroxylation sites is 2. The van der Waals surface area contributed by atoms with Crippen LogP contribution in [0.1, 0.15) is 12.8 Å². The van der Waals surface area contributed by atoms with Crippen molar-refractivity contribution in [2.24, 2.45) is 5.92 Å². The largest absolute Gasteiger partial charge is 0.483 e. The van der Waals surface area contributed by atoms with Crippen molar-refractivity contribution in [1.29, 1.82) is 0 Å². The Hall–Kier alpha value is -3.60. The zero-order chi connectivity index (χ0) is 21.5. The highest BCUT2D eigenvalue weighted by atomic mass is 16.5. The molecule has 1 aliphatic rings. The van der Waals surface area contributed by atoms with Crippen molar-refractivity contribution in [3.05, 3.63) is 84.9 Å². The lowest BCUT2D eigenvalue weighted by Gasteiger charge is -2.31. The Bertz CT molecular complexity index is 1010. The molecule has 0 bridgehead atoms. The number of ether oxygens (including phenoxy) is 1. The highest BCUT2D eigenvalue weighted by Crippen LogP contribution is 2.29. The molecule has 1 N–H and O–H groups in total. The molecule has 3 aromatic carbocycles. The van der Waals surface area contributed by atoms with Crippen LogP contribution in [0, 0.1) is 5.92 Å². The van der Waals surface area contributed by atoms with E-state index in [2.05, 4.69) is 5.32 Å². The van der Waals surface area contributed by atoms with Crippen LogP contribution in [0.4, 0.5) is 5.69 Å². The number of likely N-dealkylation sites (tertiary alicyclic amines) is 1. The van der Waals surface area contributed by atoms with Gasteiger partial charge in [0.1, 0.15) is 5.75 Å². The second-order valence-electron chi connectivity index (χ2n) is 7.66. The summed E-state index contributed by atoms with van der Waals surface area (Å²) in [6, 6.07) is 27.2. The molecule has 0 radical (unpaired) electrons. The van der Waals surface area contributed by atoms with E-state index in [-0.39, 0.29) is 24.3 Å². The molecule has 1 heterocycles. The van der Waals surface area contributed by atoms with E-state index < -0.39 is 0 Å². The zero-order valence-electron chi connectivity index (χ0n) is 17.4. The van der Waals surface area contributed by atoms with Gasteiger partial charge in [-0.25, -0.2) is 0 Å². The Morgan fingerprint density at radius 1 is 0.839 bits per heavy atom. The first kappa shape index (κ1) is 20.7. The summed E-state index contributed by atoms with van der Waals surface area (Å²) >= 11 is 0. The smallest absolute Gasteiger partial charge is 0.260 e. The van der Waals surface area contributed by atoms with Gasteiger partial charge in [0.15, 0.2) is 6.61 Å². The molecule has 1 aliphatic heterocycles. The molecule has 2 amide bonds. The van der Waals surface area contributed by atoms with Gasteiger partial charge >= 0.3 is 0 Å². The molecule has 0 atom stereocenters. The van der Waals surface area contributed by atoms with E-state index >= 15 is 0 Å². The van der Waals surface area contributed by atoms with Crippen molar-refractivity contribution in [2.75, 3.05) is 25.0 Å². The third-order valence-electron chi connectivity index (χ3n) is 5.58. The van der Waals surface area contributed by atoms with Crippen molar-refractivity contribution in [2.45, 2.75) is 12.8 Å². The summed E-state index contributed by atoms with van der Waals surface area (Å²) in [5.41, 5.74) is 2.82. The van der Waals surface area contributed by atoms with Gasteiger partial charge in [-0.1, -0.05) is 66.7 Å². The third kappa shape index (κ3) is 5.31. The second-order valence-corrected chi connectivity index (χ2v) is 7.66. The van der Waals surface area contributed by atoms with Gasteiger partial charge in [-0.15, -0.1) is 0 Å². The van der Waals surface area contributed by atoms with Gasteiger partial charge in [0.2, 0.25) is 5.91 Å². The van der Waals surface area contributed by atoms with E-state index in [9.17, 15) is 9.59 Å². The van der Waals surface area contributed by atoms with Gasteiger partial charge in [-0.2, -0.15) is 0 Å². The SMILES string of the molecule is O=C(Nc1ccccc1)C1CCN(C(=O)COc2ccccc2-c2ccccc2)CC1. The number of hydrogen-bond donors (Lipinski definition) is 1. The van der Waals surface area contributed by atoms with Crippen LogP contribution in [0.3, 0.4) is 0 Å². The Balaban J connectivity index is 1.29. The van der Waals surface area contributed by atoms with Gasteiger partial charge < -0.3 is 15.0 Å². The summed E-state index contributed by atoms with van der Waals surface area (Å²) in [6.45, 7) is 1.12. The van der Waals surface area contributed by atoms with Crippen molar-refractivity contribution < 1.29 is 14.3 Å². The summed E-state index contributed by atoms with van der Waals surface area (Å²) in [5.74, 6) is 0.583. The van der Waals surface area contributed by atoms with Gasteiger partial charge in [0.25, 0.3) is 5.91 Å². The molecule has 1 fully saturated rings. The van der Waals surface area contributed by atoms with Crippen LogP contribution in [-0.4, -0.2) is 36.4 Å². The summed E-state index contributed by atoms with van der Waals surface area (Å²) in [4.78, 5) is 27.0. The lowest BCUT2D eigenvalue weighted by atomic mass is 9.95. The molecule has 0 aliphatic carbocycles. The van der Waals surface area contributed by atoms with Crippen molar-refractivity contribution >= 4 is 17.5 Å². The lowest BCUT2D eigenvalue weighted by Crippen LogP contribution is -2.43. The maximum atomic E-state index is 12.7. The highest BCUT2D eigenvalue weighted by Gasteiger charge is 2.27. The number of carbonyl (C=O) groups is 2. The summed E-state index contributed by atoms with van der Waals surface area (Å²) in [5, 5.41) is 2.96. The van der Waals surface area contributed by atoms with Gasteiger partial charge in [-0.3, -0.25) is 9.59 Å². The molecule has 5 nitrogen and oxygen atoms in total. The Morgan fingerprint density at radius 2 is 1.45 bits per heavy atom. The number of anilines is 1. The number of piperidine rings is 1. The van der Waals surface area contributed by atoms with E-state index in [0.29, 0.717) is 31.7 Å². The summed E-state index contributed by atoms with van der Waals surface area (Å²) in [7, 11) is 0. The standard InChI is InChI=1S/C26H26N2O3/c29-25(19-31-24-14-8-7-13-23(24)20-9-3-1-4-10-20)28-17-15-21(16-18-28)26(30)27-22-11-5-2-6-12-22/h1-14,21H,15-19H2,(H,27,30). The monoisotopic (exact) mass is 414 g/mol. The Kier molecular flexibility index (Phi) is 6.62. The second kappa shape index (κ2) is 9.94. The first-order valence-electron chi connectivity index (χ1n) is 10.6. The number of rotatable bonds is 6. The average molecular weight is 415 g/mol. The van der Waals surface area contributed by atoms with E-state index in [0.717, 1.165) is 16.8 Å². The van der Waals surface area contributed by atoms with E-state index in [1.807, 2.05) is 84.9 Å². The van der Waals surface area contributed by atoms with Crippen molar-refractivity contribution in [3.63, 3.8) is 0 Å². The number of hydrogen-bond acceptors (Lipinski definition) is 3. The van der Waals surface area contributed by atoms with Gasteiger partial charge in [0, 0.05) is 30.3 Å². The summed E-state index contributed by atoms with van der Waals surface area (Å²) in [6.07, 6.45) is 1.32. The molecule has 0 unspecified atom stereocenters. The molecular weight excluding hydrogens is 388 g/mol. The fraction of sp³-hybridized carbons (Fsp3) is 0.231. The van der Waals surface area contributed by atoms with E-state index in [1.165, 1.54) is 0 Å². The molecule has 5 heteroatoms. The number of benzene rings is 3. The zero-order valence-corrected chi connectivity index (χ0v) is 17.4. The number of amides is 2. The molecule has 0 spiro atoms. The van der Waals surface area contributed by atoms with Crippen LogP contribution >= 0.6 is 0 Å². The minimum Gasteiger partial charge on any atom is -0.483 e. The van der Waals surface area contributed by atoms with E-state index in [4.69, 9.17) is 4.74 Å². The number of carbonyl (C=O) groups excluding carboxylic acids is 2. The van der Waals surface area contributed by atoms with Crippen molar-refractivity contribution in [1.82, 2.24) is 4.90 Å². The third-order valence-corrected chi connectivity index (χ3v) is 5.58. The topological polar surface area (TPSA) is 58.6 Å². The fourth-order valence-electron chi connectivity index (χ4n) is 3.84. The van der Waals surface area contributed by atoms with Crippen LogP contribution < -0.4 is 10.1 Å². The van der Waals surface area contributed by atoms with Crippen LogP contribution in [0.5, 0.6) is 5.75 Å². The Labute approximate surface area is 182 Å². The predicted octanol–water partition coefficient (Wildman–Crippen LogP) is 4.61. The first-order chi connectivity index (χ1) is 15.2. The van der Waals surface area contributed by atoms with Crippen LogP contribution in [0.2, 0.25) is 0 Å². The van der Waals surface area contributed by atoms with Crippen LogP contribution in [-0.2, 0) is 9.59 Å². The van der Waals surface area contributed by atoms with Crippen LogP contribution in [0.15, 0.2) is 84.9 Å². The van der Waals surface area contributed by atoms with E-state index in [1.54, 1.807) is 4.90 Å². The highest BCUT2D eigenvalue weighted by molar-refractivity contribution is 5.92.